The van der Waals surface area contributed by atoms with Crippen molar-refractivity contribution < 1.29 is 4.79 Å². The van der Waals surface area contributed by atoms with Crippen LogP contribution in [0.5, 0.6) is 0 Å². The second-order valence-corrected chi connectivity index (χ2v) is 7.59. The number of hydrogen-bond acceptors (Lipinski definition) is 3. The van der Waals surface area contributed by atoms with Crippen molar-refractivity contribution in [2.75, 3.05) is 37.6 Å². The first-order valence-corrected chi connectivity index (χ1v) is 9.80. The summed E-state index contributed by atoms with van der Waals surface area (Å²) in [5.74, 6) is 0.229. The van der Waals surface area contributed by atoms with Crippen LogP contribution in [0.25, 0.3) is 10.9 Å². The summed E-state index contributed by atoms with van der Waals surface area (Å²) >= 11 is 5.97. The summed E-state index contributed by atoms with van der Waals surface area (Å²) in [6.07, 6.45) is 2.53. The van der Waals surface area contributed by atoms with E-state index in [9.17, 15) is 4.79 Å². The van der Waals surface area contributed by atoms with Gasteiger partial charge in [-0.2, -0.15) is 0 Å². The Labute approximate surface area is 164 Å². The van der Waals surface area contributed by atoms with Crippen molar-refractivity contribution in [1.82, 2.24) is 9.47 Å². The van der Waals surface area contributed by atoms with E-state index in [1.807, 2.05) is 48.1 Å². The maximum atomic E-state index is 12.8. The first-order valence-electron chi connectivity index (χ1n) is 9.42. The fraction of sp³-hybridized carbons (Fsp3) is 0.318. The highest BCUT2D eigenvalue weighted by Crippen LogP contribution is 2.22. The number of nitrogens with zero attached hydrogens (tertiary/aromatic N) is 3. The summed E-state index contributed by atoms with van der Waals surface area (Å²) in [5, 5.41) is 1.82. The van der Waals surface area contributed by atoms with Gasteiger partial charge < -0.3 is 9.47 Å². The first-order chi connectivity index (χ1) is 13.1. The van der Waals surface area contributed by atoms with Gasteiger partial charge in [-0.25, -0.2) is 0 Å². The van der Waals surface area contributed by atoms with Crippen molar-refractivity contribution >= 4 is 34.0 Å². The third kappa shape index (κ3) is 3.87. The Bertz CT molecular complexity index is 940. The molecule has 1 aliphatic heterocycles. The van der Waals surface area contributed by atoms with E-state index in [1.54, 1.807) is 0 Å². The van der Waals surface area contributed by atoms with Crippen LogP contribution >= 0.6 is 11.6 Å². The maximum Gasteiger partial charge on any atom is 0.166 e. The molecule has 0 saturated carbocycles. The molecule has 1 saturated heterocycles. The van der Waals surface area contributed by atoms with Gasteiger partial charge in [-0.3, -0.25) is 9.69 Å². The van der Waals surface area contributed by atoms with E-state index in [2.05, 4.69) is 28.0 Å². The SMILES string of the molecule is Cn1cc(C(=O)CCN2CCN(c3ccc(Cl)cc3)CC2)c2ccccc21. The van der Waals surface area contributed by atoms with Crippen molar-refractivity contribution in [1.29, 1.82) is 0 Å². The molecule has 0 bridgehead atoms. The molecule has 4 nitrogen and oxygen atoms in total. The molecule has 4 rings (SSSR count). The molecule has 1 fully saturated rings. The van der Waals surface area contributed by atoms with Crippen LogP contribution in [-0.4, -0.2) is 48.0 Å². The molecule has 2 aromatic carbocycles. The number of carbonyl (C=O) groups is 1. The molecule has 0 amide bonds. The third-order valence-corrected chi connectivity index (χ3v) is 5.67. The predicted octanol–water partition coefficient (Wildman–Crippen LogP) is 4.23. The average molecular weight is 382 g/mol. The molecular formula is C22H24ClN3O. The fourth-order valence-corrected chi connectivity index (χ4v) is 3.97. The third-order valence-electron chi connectivity index (χ3n) is 5.42. The Morgan fingerprint density at radius 2 is 1.70 bits per heavy atom. The molecule has 0 N–H and O–H groups in total. The minimum atomic E-state index is 0.229. The zero-order chi connectivity index (χ0) is 18.8. The van der Waals surface area contributed by atoms with Gasteiger partial charge in [0.05, 0.1) is 0 Å². The molecule has 0 aliphatic carbocycles. The van der Waals surface area contributed by atoms with Crippen molar-refractivity contribution in [3.63, 3.8) is 0 Å². The minimum Gasteiger partial charge on any atom is -0.369 e. The lowest BCUT2D eigenvalue weighted by molar-refractivity contribution is 0.0964. The van der Waals surface area contributed by atoms with Crippen LogP contribution in [0.2, 0.25) is 5.02 Å². The lowest BCUT2D eigenvalue weighted by Gasteiger charge is -2.36. The van der Waals surface area contributed by atoms with Crippen LogP contribution in [0, 0.1) is 0 Å². The van der Waals surface area contributed by atoms with Gasteiger partial charge in [0, 0.05) is 79.6 Å². The van der Waals surface area contributed by atoms with E-state index >= 15 is 0 Å². The molecule has 27 heavy (non-hydrogen) atoms. The van der Waals surface area contributed by atoms with Gasteiger partial charge in [0.15, 0.2) is 5.78 Å². The number of piperazine rings is 1. The zero-order valence-corrected chi connectivity index (χ0v) is 16.3. The normalized spacial score (nSPS) is 15.4. The van der Waals surface area contributed by atoms with Crippen LogP contribution in [0.4, 0.5) is 5.69 Å². The predicted molar refractivity (Wildman–Crippen MR) is 112 cm³/mol. The van der Waals surface area contributed by atoms with Gasteiger partial charge in [-0.15, -0.1) is 0 Å². The highest BCUT2D eigenvalue weighted by molar-refractivity contribution is 6.30. The summed E-state index contributed by atoms with van der Waals surface area (Å²) in [6.45, 7) is 4.72. The molecule has 2 heterocycles. The van der Waals surface area contributed by atoms with E-state index in [0.29, 0.717) is 6.42 Å². The number of Topliss-reactive ketones (excluding diaryl/α,β-unsaturated/α-hetero) is 1. The van der Waals surface area contributed by atoms with Crippen LogP contribution in [0.1, 0.15) is 16.8 Å². The Balaban J connectivity index is 1.33. The van der Waals surface area contributed by atoms with Gasteiger partial charge in [-0.05, 0) is 30.3 Å². The highest BCUT2D eigenvalue weighted by atomic mass is 35.5. The summed E-state index contributed by atoms with van der Waals surface area (Å²) in [7, 11) is 2.00. The van der Waals surface area contributed by atoms with Gasteiger partial charge in [0.1, 0.15) is 0 Å². The molecule has 0 radical (unpaired) electrons. The lowest BCUT2D eigenvalue weighted by Crippen LogP contribution is -2.46. The van der Waals surface area contributed by atoms with Crippen LogP contribution < -0.4 is 4.90 Å². The number of rotatable bonds is 5. The minimum absolute atomic E-state index is 0.229. The number of aryl methyl sites for hydroxylation is 1. The van der Waals surface area contributed by atoms with E-state index in [0.717, 1.165) is 54.2 Å². The largest absolute Gasteiger partial charge is 0.369 e. The smallest absolute Gasteiger partial charge is 0.166 e. The summed E-state index contributed by atoms with van der Waals surface area (Å²) in [5.41, 5.74) is 3.16. The van der Waals surface area contributed by atoms with Gasteiger partial charge in [-0.1, -0.05) is 29.8 Å². The highest BCUT2D eigenvalue weighted by Gasteiger charge is 2.19. The van der Waals surface area contributed by atoms with Gasteiger partial charge in [0.25, 0.3) is 0 Å². The van der Waals surface area contributed by atoms with Crippen molar-refractivity contribution in [2.24, 2.45) is 7.05 Å². The van der Waals surface area contributed by atoms with Gasteiger partial charge >= 0.3 is 0 Å². The lowest BCUT2D eigenvalue weighted by atomic mass is 10.1. The monoisotopic (exact) mass is 381 g/mol. The molecular weight excluding hydrogens is 358 g/mol. The molecule has 1 aliphatic rings. The molecule has 5 heteroatoms. The Kier molecular flexibility index (Phi) is 5.19. The Hall–Kier alpha value is -2.30. The molecule has 0 atom stereocenters. The van der Waals surface area contributed by atoms with Crippen LogP contribution in [0.3, 0.4) is 0 Å². The summed E-state index contributed by atoms with van der Waals surface area (Å²) in [4.78, 5) is 17.5. The molecule has 0 spiro atoms. The van der Waals surface area contributed by atoms with E-state index in [1.165, 1.54) is 5.69 Å². The molecule has 140 valence electrons. The average Bonchev–Trinajstić information content (AvgIpc) is 3.04. The number of carbonyl (C=O) groups excluding carboxylic acids is 1. The van der Waals surface area contributed by atoms with Gasteiger partial charge in [0.2, 0.25) is 0 Å². The topological polar surface area (TPSA) is 28.5 Å². The zero-order valence-electron chi connectivity index (χ0n) is 15.6. The summed E-state index contributed by atoms with van der Waals surface area (Å²) < 4.78 is 2.04. The second kappa shape index (κ2) is 7.75. The van der Waals surface area contributed by atoms with Crippen molar-refractivity contribution in [2.45, 2.75) is 6.42 Å². The quantitative estimate of drug-likeness (QED) is 0.619. The number of aromatic nitrogens is 1. The second-order valence-electron chi connectivity index (χ2n) is 7.15. The number of anilines is 1. The number of hydrogen-bond donors (Lipinski definition) is 0. The number of para-hydroxylation sites is 1. The number of ketones is 1. The van der Waals surface area contributed by atoms with Crippen LogP contribution in [-0.2, 0) is 7.05 Å². The Morgan fingerprint density at radius 1 is 1.00 bits per heavy atom. The maximum absolute atomic E-state index is 12.8. The number of fused-ring (bicyclic) bond motifs is 1. The number of benzene rings is 2. The molecule has 1 aromatic heterocycles. The van der Waals surface area contributed by atoms with Crippen molar-refractivity contribution in [3.8, 4) is 0 Å². The van der Waals surface area contributed by atoms with Crippen LogP contribution in [0.15, 0.2) is 54.7 Å². The van der Waals surface area contributed by atoms with Crippen molar-refractivity contribution in [3.05, 3.63) is 65.3 Å². The van der Waals surface area contributed by atoms with E-state index in [-0.39, 0.29) is 5.78 Å². The standard InChI is InChI=1S/C22H24ClN3O/c1-24-16-20(19-4-2-3-5-21(19)24)22(27)10-11-25-12-14-26(15-13-25)18-8-6-17(23)7-9-18/h2-9,16H,10-15H2,1H3. The molecule has 3 aromatic rings. The Morgan fingerprint density at radius 3 is 2.44 bits per heavy atom. The first kappa shape index (κ1) is 18.1. The van der Waals surface area contributed by atoms with E-state index in [4.69, 9.17) is 11.6 Å². The van der Waals surface area contributed by atoms with E-state index < -0.39 is 0 Å². The molecule has 0 unspecified atom stereocenters. The summed E-state index contributed by atoms with van der Waals surface area (Å²) in [6, 6.07) is 16.1. The fourth-order valence-electron chi connectivity index (χ4n) is 3.84. The number of halogens is 1.